The zero-order chi connectivity index (χ0) is 14.8. The van der Waals surface area contributed by atoms with Gasteiger partial charge in [-0.1, -0.05) is 0 Å². The van der Waals surface area contributed by atoms with Crippen LogP contribution in [-0.2, 0) is 18.6 Å². The van der Waals surface area contributed by atoms with E-state index in [0.29, 0.717) is 0 Å². The van der Waals surface area contributed by atoms with Crippen molar-refractivity contribution < 1.29 is 23.4 Å². The van der Waals surface area contributed by atoms with E-state index in [1.54, 1.807) is 0 Å². The lowest BCUT2D eigenvalue weighted by Gasteiger charge is -2.25. The number of nitrogens with zero attached hydrogens (tertiary/aromatic N) is 2. The van der Waals surface area contributed by atoms with E-state index in [4.69, 9.17) is 0 Å². The van der Waals surface area contributed by atoms with Crippen molar-refractivity contribution in [3.63, 3.8) is 0 Å². The first-order chi connectivity index (χ1) is 8.88. The van der Waals surface area contributed by atoms with E-state index in [0.717, 1.165) is 7.11 Å². The van der Waals surface area contributed by atoms with E-state index in [1.807, 2.05) is 61.9 Å². The van der Waals surface area contributed by atoms with Gasteiger partial charge in [0.05, 0.1) is 14.1 Å². The molecule has 2 aromatic rings. The third-order valence-electron chi connectivity index (χ3n) is 2.39. The van der Waals surface area contributed by atoms with Gasteiger partial charge in [0.2, 0.25) is 0 Å². The maximum Gasteiger partial charge on any atom is 0.250 e. The summed E-state index contributed by atoms with van der Waals surface area (Å²) < 4.78 is 7.76. The lowest BCUT2D eigenvalue weighted by atomic mass is 10.7. The average Bonchev–Trinajstić information content (AvgIpc) is 2.91. The van der Waals surface area contributed by atoms with Gasteiger partial charge < -0.3 is 14.3 Å². The van der Waals surface area contributed by atoms with Crippen molar-refractivity contribution in [1.29, 1.82) is 0 Å². The Hall–Kier alpha value is -1.27. The SMILES string of the molecule is COP([O-])[O-].Cc1[nH]cc[n+]1C.Cc1[nH]cc[n+]1C. The zero-order valence-corrected chi connectivity index (χ0v) is 12.8. The van der Waals surface area contributed by atoms with Gasteiger partial charge in [-0.05, 0) is 0 Å². The van der Waals surface area contributed by atoms with Crippen LogP contribution in [0.25, 0.3) is 0 Å². The number of imidazole rings is 2. The van der Waals surface area contributed by atoms with Gasteiger partial charge in [0.25, 0.3) is 11.6 Å². The molecule has 0 fully saturated rings. The highest BCUT2D eigenvalue weighted by Crippen LogP contribution is 2.07. The summed E-state index contributed by atoms with van der Waals surface area (Å²) in [4.78, 5) is 24.4. The summed E-state index contributed by atoms with van der Waals surface area (Å²) in [5, 5.41) is 0. The first kappa shape index (κ1) is 17.7. The number of rotatable bonds is 1. The fraction of sp³-hybridized carbons (Fsp3) is 0.455. The van der Waals surface area contributed by atoms with Gasteiger partial charge in [-0.25, -0.2) is 19.1 Å². The van der Waals surface area contributed by atoms with Crippen molar-refractivity contribution in [2.24, 2.45) is 14.1 Å². The minimum atomic E-state index is -2.60. The predicted molar refractivity (Wildman–Crippen MR) is 67.3 cm³/mol. The van der Waals surface area contributed by atoms with E-state index < -0.39 is 8.60 Å². The van der Waals surface area contributed by atoms with Crippen LogP contribution in [0.4, 0.5) is 0 Å². The molecule has 2 heterocycles. The molecule has 0 aromatic carbocycles. The normalized spacial score (nSPS) is 9.47. The van der Waals surface area contributed by atoms with Gasteiger partial charge in [-0.15, -0.1) is 0 Å². The highest BCUT2D eigenvalue weighted by Gasteiger charge is 1.93. The summed E-state index contributed by atoms with van der Waals surface area (Å²) in [6, 6.07) is 0. The molecule has 2 rings (SSSR count). The molecule has 0 atom stereocenters. The van der Waals surface area contributed by atoms with Crippen LogP contribution < -0.4 is 18.9 Å². The number of hydrogen-bond acceptors (Lipinski definition) is 3. The van der Waals surface area contributed by atoms with Gasteiger partial charge in [-0.2, -0.15) is 8.60 Å². The molecule has 0 bridgehead atoms. The van der Waals surface area contributed by atoms with Crippen molar-refractivity contribution in [3.05, 3.63) is 36.4 Å². The van der Waals surface area contributed by atoms with Gasteiger partial charge in [0, 0.05) is 21.0 Å². The molecule has 0 aliphatic heterocycles. The van der Waals surface area contributed by atoms with Crippen LogP contribution in [0.15, 0.2) is 24.8 Å². The maximum absolute atomic E-state index is 9.18. The van der Waals surface area contributed by atoms with E-state index in [9.17, 15) is 9.79 Å². The van der Waals surface area contributed by atoms with Crippen LogP contribution in [0.3, 0.4) is 0 Å². The topological polar surface area (TPSA) is 94.7 Å². The Morgan fingerprint density at radius 3 is 1.37 bits per heavy atom. The molecule has 0 aliphatic carbocycles. The molecule has 7 nitrogen and oxygen atoms in total. The first-order valence-corrected chi connectivity index (χ1v) is 6.65. The molecule has 0 saturated carbocycles. The van der Waals surface area contributed by atoms with Crippen LogP contribution >= 0.6 is 8.60 Å². The molecule has 0 saturated heterocycles. The second kappa shape index (κ2) is 9.63. The lowest BCUT2D eigenvalue weighted by Crippen LogP contribution is -2.27. The Bertz CT molecular complexity index is 385. The Kier molecular flexibility index (Phi) is 8.99. The summed E-state index contributed by atoms with van der Waals surface area (Å²) in [5.74, 6) is 2.36. The maximum atomic E-state index is 9.18. The predicted octanol–water partition coefficient (Wildman–Crippen LogP) is -1.12. The zero-order valence-electron chi connectivity index (χ0n) is 11.9. The van der Waals surface area contributed by atoms with Gasteiger partial charge in [0.15, 0.2) is 0 Å². The Morgan fingerprint density at radius 1 is 1.00 bits per heavy atom. The smallest absolute Gasteiger partial charge is 0.250 e. The summed E-state index contributed by atoms with van der Waals surface area (Å²) in [6.07, 6.45) is 7.79. The summed E-state index contributed by atoms with van der Waals surface area (Å²) in [5.41, 5.74) is 0. The Labute approximate surface area is 114 Å². The number of H-pyrrole nitrogens is 2. The largest absolute Gasteiger partial charge is 0.820 e. The highest BCUT2D eigenvalue weighted by atomic mass is 31.2. The fourth-order valence-corrected chi connectivity index (χ4v) is 0.967. The molecule has 8 heteroatoms. The van der Waals surface area contributed by atoms with E-state index in [-0.39, 0.29) is 0 Å². The average molecular weight is 288 g/mol. The summed E-state index contributed by atoms with van der Waals surface area (Å²) in [7, 11) is 2.52. The van der Waals surface area contributed by atoms with E-state index in [2.05, 4.69) is 14.5 Å². The summed E-state index contributed by atoms with van der Waals surface area (Å²) in [6.45, 7) is 4.06. The van der Waals surface area contributed by atoms with Crippen LogP contribution in [0.5, 0.6) is 0 Å². The molecule has 0 aliphatic rings. The van der Waals surface area contributed by atoms with Crippen LogP contribution in [0, 0.1) is 13.8 Å². The molecule has 19 heavy (non-hydrogen) atoms. The van der Waals surface area contributed by atoms with Crippen molar-refractivity contribution in [1.82, 2.24) is 9.97 Å². The quantitative estimate of drug-likeness (QED) is 0.514. The fourth-order valence-electron chi connectivity index (χ4n) is 0.967. The lowest BCUT2D eigenvalue weighted by molar-refractivity contribution is -0.676. The molecule has 0 amide bonds. The van der Waals surface area contributed by atoms with Gasteiger partial charge in [-0.3, -0.25) is 0 Å². The minimum absolute atomic E-state index is 1.10. The molecule has 2 aromatic heterocycles. The Balaban J connectivity index is 0.000000261. The Morgan fingerprint density at radius 2 is 1.32 bits per heavy atom. The molecule has 0 radical (unpaired) electrons. The van der Waals surface area contributed by atoms with Crippen molar-refractivity contribution in [2.45, 2.75) is 13.8 Å². The number of aromatic amines is 2. The number of nitrogens with one attached hydrogen (secondary N) is 2. The third kappa shape index (κ3) is 8.45. The van der Waals surface area contributed by atoms with E-state index >= 15 is 0 Å². The molecule has 0 unspecified atom stereocenters. The standard InChI is InChI=1S/2C5H8N2.CH3O3P/c2*1-5-6-3-4-7(5)2;1-4-5(2)3/h2*3-4H,1-2H3;1H3/q;;-2/p+2. The van der Waals surface area contributed by atoms with Crippen molar-refractivity contribution in [3.8, 4) is 0 Å². The second-order valence-electron chi connectivity index (χ2n) is 3.72. The van der Waals surface area contributed by atoms with E-state index in [1.165, 1.54) is 11.6 Å². The molecule has 0 spiro atoms. The molecular weight excluding hydrogens is 267 g/mol. The van der Waals surface area contributed by atoms with Gasteiger partial charge in [0.1, 0.15) is 24.8 Å². The number of aromatic nitrogens is 4. The van der Waals surface area contributed by atoms with Gasteiger partial charge >= 0.3 is 0 Å². The molecule has 108 valence electrons. The van der Waals surface area contributed by atoms with Crippen molar-refractivity contribution >= 4 is 8.60 Å². The van der Waals surface area contributed by atoms with Crippen LogP contribution in [0.1, 0.15) is 11.6 Å². The monoisotopic (exact) mass is 288 g/mol. The number of hydrogen-bond donors (Lipinski definition) is 2. The first-order valence-electron chi connectivity index (χ1n) is 5.56. The second-order valence-corrected chi connectivity index (χ2v) is 4.53. The minimum Gasteiger partial charge on any atom is -0.820 e. The third-order valence-corrected chi connectivity index (χ3v) is 2.69. The van der Waals surface area contributed by atoms with Crippen LogP contribution in [-0.4, -0.2) is 17.1 Å². The van der Waals surface area contributed by atoms with Crippen LogP contribution in [0.2, 0.25) is 0 Å². The summed E-state index contributed by atoms with van der Waals surface area (Å²) >= 11 is 0. The van der Waals surface area contributed by atoms with Crippen molar-refractivity contribution in [2.75, 3.05) is 7.11 Å². The molecule has 2 N–H and O–H groups in total. The number of aryl methyl sites for hydroxylation is 4. The highest BCUT2D eigenvalue weighted by molar-refractivity contribution is 7.36. The molecular formula is C11H21N4O3P.